The molecule has 2 aliphatic rings. The van der Waals surface area contributed by atoms with Gasteiger partial charge in [-0.25, -0.2) is 4.98 Å². The molecule has 1 saturated carbocycles. The van der Waals surface area contributed by atoms with E-state index in [2.05, 4.69) is 43.8 Å². The number of piperazine rings is 1. The van der Waals surface area contributed by atoms with Crippen LogP contribution in [0.5, 0.6) is 0 Å². The Balaban J connectivity index is 1.28. The minimum absolute atomic E-state index is 0.0288. The molecule has 5 rings (SSSR count). The van der Waals surface area contributed by atoms with Crippen molar-refractivity contribution in [2.75, 3.05) is 24.5 Å². The van der Waals surface area contributed by atoms with E-state index in [0.29, 0.717) is 17.5 Å². The molecule has 1 aliphatic carbocycles. The van der Waals surface area contributed by atoms with Gasteiger partial charge in [-0.2, -0.15) is 5.26 Å². The molecule has 3 aromatic rings. The Morgan fingerprint density at radius 2 is 2.07 bits per heavy atom. The first-order valence-electron chi connectivity index (χ1n) is 10.5. The summed E-state index contributed by atoms with van der Waals surface area (Å²) in [4.78, 5) is 29.1. The summed E-state index contributed by atoms with van der Waals surface area (Å²) in [7, 11) is 0. The highest BCUT2D eigenvalue weighted by atomic mass is 16.1. The fourth-order valence-electron chi connectivity index (χ4n) is 4.32. The van der Waals surface area contributed by atoms with Gasteiger partial charge in [-0.15, -0.1) is 0 Å². The van der Waals surface area contributed by atoms with Gasteiger partial charge in [0.15, 0.2) is 0 Å². The number of aromatic amines is 1. The average Bonchev–Trinajstić information content (AvgIpc) is 3.59. The molecule has 1 aliphatic heterocycles. The third-order valence-corrected chi connectivity index (χ3v) is 6.08. The molecule has 152 valence electrons. The molecule has 0 aromatic carbocycles. The highest BCUT2D eigenvalue weighted by Crippen LogP contribution is 2.38. The van der Waals surface area contributed by atoms with Gasteiger partial charge in [0.2, 0.25) is 0 Å². The van der Waals surface area contributed by atoms with Crippen molar-refractivity contribution < 1.29 is 0 Å². The minimum atomic E-state index is 0.0288. The molecule has 0 amide bonds. The van der Waals surface area contributed by atoms with Crippen LogP contribution in [0.4, 0.5) is 5.82 Å². The number of hydrogen-bond acceptors (Lipinski definition) is 6. The fourth-order valence-corrected chi connectivity index (χ4v) is 4.32. The lowest BCUT2D eigenvalue weighted by molar-refractivity contribution is 0.220. The molecule has 4 heterocycles. The number of nitrogens with one attached hydrogen (secondary N) is 1. The van der Waals surface area contributed by atoms with E-state index in [1.54, 1.807) is 6.20 Å². The van der Waals surface area contributed by atoms with Gasteiger partial charge in [0, 0.05) is 50.2 Å². The van der Waals surface area contributed by atoms with Crippen LogP contribution >= 0.6 is 0 Å². The Labute approximate surface area is 175 Å². The van der Waals surface area contributed by atoms with Gasteiger partial charge in [-0.3, -0.25) is 14.7 Å². The van der Waals surface area contributed by atoms with Gasteiger partial charge in [0.05, 0.1) is 16.6 Å². The van der Waals surface area contributed by atoms with Crippen molar-refractivity contribution in [3.63, 3.8) is 0 Å². The summed E-state index contributed by atoms with van der Waals surface area (Å²) >= 11 is 0. The number of hydrogen-bond donors (Lipinski definition) is 1. The summed E-state index contributed by atoms with van der Waals surface area (Å²) in [6.07, 6.45) is 5.77. The maximum absolute atomic E-state index is 12.3. The quantitative estimate of drug-likeness (QED) is 0.724. The van der Waals surface area contributed by atoms with Crippen molar-refractivity contribution in [1.82, 2.24) is 19.9 Å². The molecular weight excluding hydrogens is 376 g/mol. The van der Waals surface area contributed by atoms with Crippen LogP contribution in [0, 0.1) is 11.3 Å². The highest BCUT2D eigenvalue weighted by Gasteiger charge is 2.27. The van der Waals surface area contributed by atoms with Crippen LogP contribution in [0.25, 0.3) is 11.0 Å². The van der Waals surface area contributed by atoms with Crippen LogP contribution in [0.3, 0.4) is 0 Å². The van der Waals surface area contributed by atoms with Crippen LogP contribution in [0.15, 0.2) is 41.5 Å². The number of nitrogens with zero attached hydrogens (tertiary/aromatic N) is 5. The van der Waals surface area contributed by atoms with Gasteiger partial charge >= 0.3 is 0 Å². The molecule has 0 spiro atoms. The van der Waals surface area contributed by atoms with Crippen molar-refractivity contribution in [3.05, 3.63) is 63.7 Å². The van der Waals surface area contributed by atoms with E-state index in [1.807, 2.05) is 24.4 Å². The molecule has 1 saturated heterocycles. The van der Waals surface area contributed by atoms with E-state index in [9.17, 15) is 4.79 Å². The first kappa shape index (κ1) is 18.8. The number of aromatic nitrogens is 3. The topological polar surface area (TPSA) is 88.9 Å². The molecule has 30 heavy (non-hydrogen) atoms. The Hall–Kier alpha value is -3.24. The number of anilines is 1. The monoisotopic (exact) mass is 400 g/mol. The van der Waals surface area contributed by atoms with Crippen LogP contribution < -0.4 is 10.5 Å². The number of H-pyrrole nitrogens is 1. The van der Waals surface area contributed by atoms with E-state index < -0.39 is 0 Å². The summed E-state index contributed by atoms with van der Waals surface area (Å²) in [5.41, 5.74) is 4.27. The lowest BCUT2D eigenvalue weighted by Crippen LogP contribution is -2.51. The third kappa shape index (κ3) is 3.66. The Morgan fingerprint density at radius 3 is 2.77 bits per heavy atom. The molecule has 7 nitrogen and oxygen atoms in total. The normalized spacial score (nSPS) is 19.7. The van der Waals surface area contributed by atoms with Crippen LogP contribution in [0.2, 0.25) is 0 Å². The Morgan fingerprint density at radius 1 is 1.20 bits per heavy atom. The number of rotatable bonds is 4. The summed E-state index contributed by atoms with van der Waals surface area (Å²) in [5.74, 6) is 1.33. The number of nitriles is 1. The molecular formula is C23H24N6O. The molecule has 1 atom stereocenters. The fraction of sp³-hybridized carbons (Fsp3) is 0.391. The average molecular weight is 400 g/mol. The zero-order valence-electron chi connectivity index (χ0n) is 17.0. The largest absolute Gasteiger partial charge is 0.351 e. The Kier molecular flexibility index (Phi) is 4.72. The second-order valence-electron chi connectivity index (χ2n) is 8.40. The standard InChI is InChI=1S/C23H24N6O/c1-15-13-28(6-7-29(15)22-5-2-16(10-24)11-26-22)14-17-8-21-20(25-12-17)9-19(18-3-4-18)23(30)27-21/h2,5,8-9,11-12,15,18H,3-4,6-7,13-14H2,1H3,(H,27,30)/t15-/m1/s1. The van der Waals surface area contributed by atoms with E-state index in [-0.39, 0.29) is 5.56 Å². The van der Waals surface area contributed by atoms with Crippen LogP contribution in [-0.2, 0) is 6.54 Å². The summed E-state index contributed by atoms with van der Waals surface area (Å²) < 4.78 is 0. The van der Waals surface area contributed by atoms with E-state index in [0.717, 1.165) is 67.0 Å². The Bertz CT molecular complexity index is 1180. The predicted molar refractivity (Wildman–Crippen MR) is 115 cm³/mol. The molecule has 3 aromatic heterocycles. The van der Waals surface area contributed by atoms with E-state index in [1.165, 1.54) is 0 Å². The second-order valence-corrected chi connectivity index (χ2v) is 8.40. The summed E-state index contributed by atoms with van der Waals surface area (Å²) in [5, 5.41) is 8.95. The van der Waals surface area contributed by atoms with Crippen molar-refractivity contribution in [1.29, 1.82) is 5.26 Å². The van der Waals surface area contributed by atoms with Crippen LogP contribution in [0.1, 0.15) is 42.4 Å². The van der Waals surface area contributed by atoms with Gasteiger partial charge in [0.25, 0.3) is 5.56 Å². The molecule has 0 unspecified atom stereocenters. The number of pyridine rings is 3. The lowest BCUT2D eigenvalue weighted by atomic mass is 10.1. The van der Waals surface area contributed by atoms with Crippen molar-refractivity contribution in [2.45, 2.75) is 38.3 Å². The first-order chi connectivity index (χ1) is 14.6. The van der Waals surface area contributed by atoms with Gasteiger partial charge < -0.3 is 9.88 Å². The van der Waals surface area contributed by atoms with Crippen LogP contribution in [-0.4, -0.2) is 45.5 Å². The van der Waals surface area contributed by atoms with Gasteiger partial charge in [-0.1, -0.05) is 0 Å². The molecule has 0 radical (unpaired) electrons. The molecule has 1 N–H and O–H groups in total. The summed E-state index contributed by atoms with van der Waals surface area (Å²) in [6, 6.07) is 10.2. The second kappa shape index (κ2) is 7.54. The summed E-state index contributed by atoms with van der Waals surface area (Å²) in [6.45, 7) is 5.70. The third-order valence-electron chi connectivity index (χ3n) is 6.08. The first-order valence-corrected chi connectivity index (χ1v) is 10.5. The zero-order chi connectivity index (χ0) is 20.7. The predicted octanol–water partition coefficient (Wildman–Crippen LogP) is 2.78. The maximum atomic E-state index is 12.3. The lowest BCUT2D eigenvalue weighted by Gasteiger charge is -2.40. The van der Waals surface area contributed by atoms with Gasteiger partial charge in [0.1, 0.15) is 11.9 Å². The van der Waals surface area contributed by atoms with Crippen molar-refractivity contribution >= 4 is 16.9 Å². The maximum Gasteiger partial charge on any atom is 0.252 e. The SMILES string of the molecule is C[C@@H]1CN(Cc2cnc3cc(C4CC4)c(=O)[nH]c3c2)CCN1c1ccc(C#N)cn1. The van der Waals surface area contributed by atoms with Crippen molar-refractivity contribution in [3.8, 4) is 6.07 Å². The van der Waals surface area contributed by atoms with E-state index in [4.69, 9.17) is 5.26 Å². The highest BCUT2D eigenvalue weighted by molar-refractivity contribution is 5.75. The van der Waals surface area contributed by atoms with Gasteiger partial charge in [-0.05, 0) is 55.5 Å². The zero-order valence-corrected chi connectivity index (χ0v) is 17.0. The van der Waals surface area contributed by atoms with E-state index >= 15 is 0 Å². The van der Waals surface area contributed by atoms with Crippen molar-refractivity contribution in [2.24, 2.45) is 0 Å². The minimum Gasteiger partial charge on any atom is -0.351 e. The molecule has 7 heteroatoms. The molecule has 0 bridgehead atoms. The smallest absolute Gasteiger partial charge is 0.252 e. The molecule has 2 fully saturated rings. The number of fused-ring (bicyclic) bond motifs is 1.